The van der Waals surface area contributed by atoms with E-state index >= 15 is 0 Å². The van der Waals surface area contributed by atoms with Crippen LogP contribution in [-0.4, -0.2) is 27.3 Å². The van der Waals surface area contributed by atoms with E-state index in [2.05, 4.69) is 10.2 Å². The van der Waals surface area contributed by atoms with Gasteiger partial charge in [-0.25, -0.2) is 0 Å². The van der Waals surface area contributed by atoms with Gasteiger partial charge in [0.25, 0.3) is 0 Å². The molecule has 0 unspecified atom stereocenters. The summed E-state index contributed by atoms with van der Waals surface area (Å²) < 4.78 is 57.5. The molecule has 190 valence electrons. The number of ether oxygens (including phenoxy) is 3. The molecule has 1 aromatic heterocycles. The predicted molar refractivity (Wildman–Crippen MR) is 131 cm³/mol. The summed E-state index contributed by atoms with van der Waals surface area (Å²) in [5, 5.41) is 8.19. The van der Waals surface area contributed by atoms with Gasteiger partial charge in [-0.05, 0) is 65.6 Å². The molecule has 6 nitrogen and oxygen atoms in total. The van der Waals surface area contributed by atoms with Crippen LogP contribution in [-0.2, 0) is 29.3 Å². The molecule has 0 radical (unpaired) electrons. The molecular formula is C28H24F3N3O3. The van der Waals surface area contributed by atoms with E-state index in [4.69, 9.17) is 14.2 Å². The Hall–Kier alpha value is -3.95. The van der Waals surface area contributed by atoms with Crippen molar-refractivity contribution in [3.63, 3.8) is 0 Å². The smallest absolute Gasteiger partial charge is 0.416 e. The highest BCUT2D eigenvalue weighted by Crippen LogP contribution is 2.32. The minimum Gasteiger partial charge on any atom is -0.489 e. The molecule has 0 N–H and O–H groups in total. The average molecular weight is 508 g/mol. The average Bonchev–Trinajstić information content (AvgIpc) is 3.30. The van der Waals surface area contributed by atoms with Crippen molar-refractivity contribution in [3.05, 3.63) is 108 Å². The number of benzene rings is 3. The number of rotatable bonds is 7. The molecule has 0 amide bonds. The van der Waals surface area contributed by atoms with E-state index in [1.54, 1.807) is 6.33 Å². The molecule has 0 aliphatic carbocycles. The van der Waals surface area contributed by atoms with E-state index < -0.39 is 18.0 Å². The second kappa shape index (κ2) is 10.2. The van der Waals surface area contributed by atoms with Crippen LogP contribution < -0.4 is 4.74 Å². The van der Waals surface area contributed by atoms with Crippen molar-refractivity contribution < 1.29 is 27.4 Å². The lowest BCUT2D eigenvalue weighted by Gasteiger charge is -2.32. The van der Waals surface area contributed by atoms with Crippen LogP contribution >= 0.6 is 0 Å². The largest absolute Gasteiger partial charge is 0.489 e. The number of hydrogen-bond acceptors (Lipinski definition) is 5. The fourth-order valence-electron chi connectivity index (χ4n) is 4.02. The lowest BCUT2D eigenvalue weighted by atomic mass is 10.0. The fraction of sp³-hybridized carbons (Fsp3) is 0.214. The van der Waals surface area contributed by atoms with Crippen LogP contribution in [0.2, 0.25) is 0 Å². The number of halogens is 3. The van der Waals surface area contributed by atoms with Gasteiger partial charge in [0.05, 0.1) is 5.56 Å². The Bertz CT molecular complexity index is 1390. The molecule has 4 aromatic rings. The van der Waals surface area contributed by atoms with E-state index in [1.807, 2.05) is 73.1 Å². The van der Waals surface area contributed by atoms with Gasteiger partial charge in [-0.2, -0.15) is 13.2 Å². The number of hydrogen-bond donors (Lipinski definition) is 0. The zero-order valence-electron chi connectivity index (χ0n) is 20.1. The predicted octanol–water partition coefficient (Wildman–Crippen LogP) is 6.23. The number of nitrogens with zero attached hydrogens (tertiary/aromatic N) is 3. The summed E-state index contributed by atoms with van der Waals surface area (Å²) in [6.07, 6.45) is -1.55. The first kappa shape index (κ1) is 24.7. The van der Waals surface area contributed by atoms with Crippen molar-refractivity contribution >= 4 is 5.57 Å². The maximum absolute atomic E-state index is 12.9. The number of alkyl halides is 3. The van der Waals surface area contributed by atoms with Crippen molar-refractivity contribution in [2.75, 3.05) is 0 Å². The number of aryl methyl sites for hydroxylation is 1. The van der Waals surface area contributed by atoms with Crippen molar-refractivity contribution in [2.24, 2.45) is 7.05 Å². The van der Waals surface area contributed by atoms with Crippen LogP contribution in [0.15, 0.2) is 85.2 Å². The molecule has 1 aliphatic rings. The maximum Gasteiger partial charge on any atom is 0.416 e. The van der Waals surface area contributed by atoms with Crippen LogP contribution in [0.3, 0.4) is 0 Å². The highest BCUT2D eigenvalue weighted by atomic mass is 19.4. The molecule has 3 aromatic carbocycles. The van der Waals surface area contributed by atoms with Gasteiger partial charge in [0, 0.05) is 12.6 Å². The van der Waals surface area contributed by atoms with Crippen molar-refractivity contribution in [3.8, 4) is 16.9 Å². The number of aromatic nitrogens is 3. The lowest BCUT2D eigenvalue weighted by molar-refractivity contribution is -0.354. The Balaban J connectivity index is 1.28. The van der Waals surface area contributed by atoms with Crippen LogP contribution in [0, 0.1) is 0 Å². The Labute approximate surface area is 211 Å². The summed E-state index contributed by atoms with van der Waals surface area (Å²) >= 11 is 0. The fourth-order valence-corrected chi connectivity index (χ4v) is 4.02. The molecule has 1 saturated heterocycles. The summed E-state index contributed by atoms with van der Waals surface area (Å²) in [6.45, 7) is 2.14. The molecule has 5 rings (SSSR count). The van der Waals surface area contributed by atoms with Gasteiger partial charge in [-0.3, -0.25) is 0 Å². The van der Waals surface area contributed by atoms with Gasteiger partial charge in [-0.1, -0.05) is 42.5 Å². The third-order valence-corrected chi connectivity index (χ3v) is 5.95. The second-order valence-electron chi connectivity index (χ2n) is 8.64. The molecule has 0 spiro atoms. The monoisotopic (exact) mass is 507 g/mol. The van der Waals surface area contributed by atoms with Gasteiger partial charge < -0.3 is 18.8 Å². The van der Waals surface area contributed by atoms with Gasteiger partial charge >= 0.3 is 6.18 Å². The minimum atomic E-state index is -4.36. The Kier molecular flexibility index (Phi) is 6.82. The molecule has 0 atom stereocenters. The maximum atomic E-state index is 12.9. The topological polar surface area (TPSA) is 58.4 Å². The second-order valence-corrected chi connectivity index (χ2v) is 8.64. The van der Waals surface area contributed by atoms with E-state index in [1.165, 1.54) is 12.1 Å². The molecule has 9 heteroatoms. The molecule has 0 saturated carbocycles. The van der Waals surface area contributed by atoms with Crippen molar-refractivity contribution in [2.45, 2.75) is 32.3 Å². The van der Waals surface area contributed by atoms with Crippen molar-refractivity contribution in [1.29, 1.82) is 0 Å². The van der Waals surface area contributed by atoms with Gasteiger partial charge in [0.2, 0.25) is 0 Å². The van der Waals surface area contributed by atoms with E-state index in [0.29, 0.717) is 23.7 Å². The molecular weight excluding hydrogens is 483 g/mol. The van der Waals surface area contributed by atoms with E-state index in [-0.39, 0.29) is 6.29 Å². The van der Waals surface area contributed by atoms with E-state index in [9.17, 15) is 13.2 Å². The van der Waals surface area contributed by atoms with Gasteiger partial charge in [0.1, 0.15) is 18.7 Å². The van der Waals surface area contributed by atoms with Crippen LogP contribution in [0.25, 0.3) is 16.7 Å². The summed E-state index contributed by atoms with van der Waals surface area (Å²) in [4.78, 5) is 0. The Morgan fingerprint density at radius 1 is 1.00 bits per heavy atom. The van der Waals surface area contributed by atoms with E-state index in [0.717, 1.165) is 34.4 Å². The van der Waals surface area contributed by atoms with Gasteiger partial charge in [0.15, 0.2) is 18.4 Å². The Morgan fingerprint density at radius 2 is 1.73 bits per heavy atom. The SMILES string of the molecule is CC1OC(/C=C(\c2ccc(OCc3cccc(-c4ccc(C(F)(F)F)cc4)c3)cc2)c2nncn2C)O1. The standard InChI is InChI=1S/C28H24F3N3O3/c1-18-36-26(37-18)15-25(27-33-32-17-34(27)2)21-8-12-24(13-9-21)35-16-19-4-3-5-22(14-19)20-6-10-23(11-7-20)28(29,30)31/h3-15,17-18,26H,16H2,1-2H3/b25-15+. The summed E-state index contributed by atoms with van der Waals surface area (Å²) in [5.41, 5.74) is 3.48. The lowest BCUT2D eigenvalue weighted by Crippen LogP contribution is -2.37. The quantitative estimate of drug-likeness (QED) is 0.297. The van der Waals surface area contributed by atoms with Gasteiger partial charge in [-0.15, -0.1) is 10.2 Å². The minimum absolute atomic E-state index is 0.240. The molecule has 1 aliphatic heterocycles. The summed E-state index contributed by atoms with van der Waals surface area (Å²) in [7, 11) is 1.87. The van der Waals surface area contributed by atoms with Crippen LogP contribution in [0.4, 0.5) is 13.2 Å². The Morgan fingerprint density at radius 3 is 2.35 bits per heavy atom. The zero-order valence-corrected chi connectivity index (χ0v) is 20.1. The normalized spacial score (nSPS) is 17.9. The highest BCUT2D eigenvalue weighted by molar-refractivity contribution is 5.76. The van der Waals surface area contributed by atoms with Crippen LogP contribution in [0.5, 0.6) is 5.75 Å². The highest BCUT2D eigenvalue weighted by Gasteiger charge is 2.30. The third-order valence-electron chi connectivity index (χ3n) is 5.95. The summed E-state index contributed by atoms with van der Waals surface area (Å²) in [5.74, 6) is 1.35. The first-order valence-corrected chi connectivity index (χ1v) is 11.6. The first-order chi connectivity index (χ1) is 17.8. The summed E-state index contributed by atoms with van der Waals surface area (Å²) in [6, 6.07) is 20.3. The first-order valence-electron chi connectivity index (χ1n) is 11.6. The van der Waals surface area contributed by atoms with Crippen molar-refractivity contribution in [1.82, 2.24) is 14.8 Å². The van der Waals surface area contributed by atoms with Crippen LogP contribution in [0.1, 0.15) is 29.4 Å². The third kappa shape index (κ3) is 5.73. The zero-order chi connectivity index (χ0) is 26.0. The molecule has 0 bridgehead atoms. The molecule has 1 fully saturated rings. The molecule has 37 heavy (non-hydrogen) atoms. The molecule has 2 heterocycles.